The molecule has 1 atom stereocenters. The molecule has 0 bridgehead atoms. The summed E-state index contributed by atoms with van der Waals surface area (Å²) in [5.41, 5.74) is 1.68. The number of nitrogens with one attached hydrogen (secondary N) is 1. The first kappa shape index (κ1) is 19.8. The van der Waals surface area contributed by atoms with Crippen molar-refractivity contribution < 1.29 is 9.53 Å². The second-order valence-electron chi connectivity index (χ2n) is 6.86. The normalized spacial score (nSPS) is 14.4. The molecule has 1 N–H and O–H groups in total. The van der Waals surface area contributed by atoms with E-state index in [1.54, 1.807) is 7.11 Å². The molecular weight excluding hydrogens is 408 g/mol. The third-order valence-electron chi connectivity index (χ3n) is 4.64. The van der Waals surface area contributed by atoms with Crippen molar-refractivity contribution in [1.82, 2.24) is 20.1 Å². The standard InChI is InChI=1S/C21H21ClN4O2S/c1-13(20(27)23-15-9-10-15)29-21-25-24-19(17-5-3-4-6-18(17)28-2)26(21)16-11-7-14(22)8-12-16/h3-8,11-13,15H,9-10H2,1-2H3,(H,23,27). The summed E-state index contributed by atoms with van der Waals surface area (Å²) < 4.78 is 7.45. The molecule has 1 aliphatic rings. The van der Waals surface area contributed by atoms with Crippen LogP contribution in [0.3, 0.4) is 0 Å². The van der Waals surface area contributed by atoms with Crippen LogP contribution in [0.15, 0.2) is 53.7 Å². The average Bonchev–Trinajstić information content (AvgIpc) is 3.46. The van der Waals surface area contributed by atoms with E-state index in [0.717, 1.165) is 24.1 Å². The molecule has 0 aliphatic heterocycles. The summed E-state index contributed by atoms with van der Waals surface area (Å²) in [4.78, 5) is 12.4. The SMILES string of the molecule is COc1ccccc1-c1nnc(SC(C)C(=O)NC2CC2)n1-c1ccc(Cl)cc1. The Labute approximate surface area is 178 Å². The van der Waals surface area contributed by atoms with Crippen molar-refractivity contribution >= 4 is 29.3 Å². The van der Waals surface area contributed by atoms with Gasteiger partial charge in [-0.2, -0.15) is 0 Å². The number of ether oxygens (including phenoxy) is 1. The summed E-state index contributed by atoms with van der Waals surface area (Å²) >= 11 is 7.46. The fraction of sp³-hybridized carbons (Fsp3) is 0.286. The molecule has 4 rings (SSSR count). The van der Waals surface area contributed by atoms with Gasteiger partial charge in [-0.25, -0.2) is 0 Å². The maximum absolute atomic E-state index is 12.4. The van der Waals surface area contributed by atoms with Crippen LogP contribution in [-0.4, -0.2) is 39.1 Å². The number of thioether (sulfide) groups is 1. The number of aromatic nitrogens is 3. The number of hydrogen-bond acceptors (Lipinski definition) is 5. The van der Waals surface area contributed by atoms with Gasteiger partial charge in [0.15, 0.2) is 11.0 Å². The Morgan fingerprint density at radius 1 is 1.21 bits per heavy atom. The summed E-state index contributed by atoms with van der Waals surface area (Å²) in [6, 6.07) is 15.4. The van der Waals surface area contributed by atoms with Crippen LogP contribution in [0.25, 0.3) is 17.1 Å². The monoisotopic (exact) mass is 428 g/mol. The number of amides is 1. The molecule has 8 heteroatoms. The Morgan fingerprint density at radius 3 is 2.62 bits per heavy atom. The number of nitrogens with zero attached hydrogens (tertiary/aromatic N) is 3. The van der Waals surface area contributed by atoms with Gasteiger partial charge in [-0.3, -0.25) is 9.36 Å². The fourth-order valence-corrected chi connectivity index (χ4v) is 3.93. The molecule has 1 fully saturated rings. The highest BCUT2D eigenvalue weighted by Crippen LogP contribution is 2.34. The van der Waals surface area contributed by atoms with E-state index in [1.165, 1.54) is 11.8 Å². The molecule has 1 saturated carbocycles. The number of halogens is 1. The summed E-state index contributed by atoms with van der Waals surface area (Å²) in [5, 5.41) is 12.8. The van der Waals surface area contributed by atoms with Crippen LogP contribution in [0.2, 0.25) is 5.02 Å². The quantitative estimate of drug-likeness (QED) is 0.566. The lowest BCUT2D eigenvalue weighted by atomic mass is 10.2. The van der Waals surface area contributed by atoms with Gasteiger partial charge < -0.3 is 10.1 Å². The van der Waals surface area contributed by atoms with E-state index in [2.05, 4.69) is 15.5 Å². The summed E-state index contributed by atoms with van der Waals surface area (Å²) in [7, 11) is 1.63. The van der Waals surface area contributed by atoms with Crippen LogP contribution in [0.4, 0.5) is 0 Å². The molecule has 1 unspecified atom stereocenters. The topological polar surface area (TPSA) is 69.0 Å². The maximum Gasteiger partial charge on any atom is 0.233 e. The van der Waals surface area contributed by atoms with Gasteiger partial charge in [-0.15, -0.1) is 10.2 Å². The lowest BCUT2D eigenvalue weighted by Crippen LogP contribution is -2.32. The average molecular weight is 429 g/mol. The zero-order valence-corrected chi connectivity index (χ0v) is 17.7. The van der Waals surface area contributed by atoms with E-state index in [9.17, 15) is 4.79 Å². The predicted molar refractivity (Wildman–Crippen MR) is 115 cm³/mol. The Morgan fingerprint density at radius 2 is 1.93 bits per heavy atom. The maximum atomic E-state index is 12.4. The van der Waals surface area contributed by atoms with Gasteiger partial charge in [0.1, 0.15) is 5.75 Å². The van der Waals surface area contributed by atoms with Crippen LogP contribution in [0, 0.1) is 0 Å². The van der Waals surface area contributed by atoms with Crippen LogP contribution in [0.1, 0.15) is 19.8 Å². The molecule has 3 aromatic rings. The van der Waals surface area contributed by atoms with Crippen molar-refractivity contribution in [2.24, 2.45) is 0 Å². The third kappa shape index (κ3) is 4.41. The van der Waals surface area contributed by atoms with E-state index in [-0.39, 0.29) is 11.2 Å². The number of benzene rings is 2. The molecule has 6 nitrogen and oxygen atoms in total. The van der Waals surface area contributed by atoms with Gasteiger partial charge in [0.25, 0.3) is 0 Å². The van der Waals surface area contributed by atoms with E-state index in [0.29, 0.717) is 27.8 Å². The van der Waals surface area contributed by atoms with E-state index < -0.39 is 0 Å². The number of rotatable bonds is 7. The number of carbonyl (C=O) groups is 1. The second kappa shape index (κ2) is 8.47. The van der Waals surface area contributed by atoms with Crippen molar-refractivity contribution in [3.63, 3.8) is 0 Å². The van der Waals surface area contributed by atoms with Gasteiger partial charge in [0.2, 0.25) is 5.91 Å². The lowest BCUT2D eigenvalue weighted by Gasteiger charge is -2.15. The van der Waals surface area contributed by atoms with Crippen molar-refractivity contribution in [1.29, 1.82) is 0 Å². The van der Waals surface area contributed by atoms with Crippen molar-refractivity contribution in [2.75, 3.05) is 7.11 Å². The molecular formula is C21H21ClN4O2S. The molecule has 1 amide bonds. The molecule has 1 heterocycles. The van der Waals surface area contributed by atoms with Crippen LogP contribution in [-0.2, 0) is 4.79 Å². The third-order valence-corrected chi connectivity index (χ3v) is 5.94. The molecule has 150 valence electrons. The van der Waals surface area contributed by atoms with Crippen molar-refractivity contribution in [2.45, 2.75) is 36.2 Å². The number of hydrogen-bond donors (Lipinski definition) is 1. The summed E-state index contributed by atoms with van der Waals surface area (Å²) in [6.07, 6.45) is 2.12. The molecule has 0 spiro atoms. The summed E-state index contributed by atoms with van der Waals surface area (Å²) in [5.74, 6) is 1.36. The zero-order valence-electron chi connectivity index (χ0n) is 16.1. The fourth-order valence-electron chi connectivity index (χ4n) is 2.93. The van der Waals surface area contributed by atoms with E-state index in [1.807, 2.05) is 60.0 Å². The molecule has 0 radical (unpaired) electrons. The predicted octanol–water partition coefficient (Wildman–Crippen LogP) is 4.36. The zero-order chi connectivity index (χ0) is 20.4. The smallest absolute Gasteiger partial charge is 0.233 e. The largest absolute Gasteiger partial charge is 0.496 e. The first-order valence-corrected chi connectivity index (χ1v) is 10.6. The molecule has 1 aromatic heterocycles. The van der Waals surface area contributed by atoms with Crippen LogP contribution >= 0.6 is 23.4 Å². The van der Waals surface area contributed by atoms with Crippen molar-refractivity contribution in [3.05, 3.63) is 53.6 Å². The minimum atomic E-state index is -0.295. The molecule has 1 aliphatic carbocycles. The van der Waals surface area contributed by atoms with Gasteiger partial charge in [-0.05, 0) is 56.2 Å². The van der Waals surface area contributed by atoms with Crippen LogP contribution in [0.5, 0.6) is 5.75 Å². The Bertz CT molecular complexity index is 1020. The first-order chi connectivity index (χ1) is 14.1. The van der Waals surface area contributed by atoms with Crippen LogP contribution < -0.4 is 10.1 Å². The minimum absolute atomic E-state index is 0.0157. The number of methoxy groups -OCH3 is 1. The number of para-hydroxylation sites is 1. The number of carbonyl (C=O) groups excluding carboxylic acids is 1. The molecule has 2 aromatic carbocycles. The Balaban J connectivity index is 1.74. The van der Waals surface area contributed by atoms with E-state index >= 15 is 0 Å². The highest BCUT2D eigenvalue weighted by Gasteiger charge is 2.28. The minimum Gasteiger partial charge on any atom is -0.496 e. The highest BCUT2D eigenvalue weighted by atomic mass is 35.5. The van der Waals surface area contributed by atoms with Gasteiger partial charge >= 0.3 is 0 Å². The second-order valence-corrected chi connectivity index (χ2v) is 8.61. The van der Waals surface area contributed by atoms with Gasteiger partial charge in [0.05, 0.1) is 17.9 Å². The Hall–Kier alpha value is -2.51. The summed E-state index contributed by atoms with van der Waals surface area (Å²) in [6.45, 7) is 1.88. The Kier molecular flexibility index (Phi) is 5.78. The van der Waals surface area contributed by atoms with E-state index in [4.69, 9.17) is 16.3 Å². The first-order valence-electron chi connectivity index (χ1n) is 9.38. The van der Waals surface area contributed by atoms with Gasteiger partial charge in [-0.1, -0.05) is 35.5 Å². The molecule has 29 heavy (non-hydrogen) atoms. The van der Waals surface area contributed by atoms with Gasteiger partial charge in [0, 0.05) is 16.8 Å². The highest BCUT2D eigenvalue weighted by molar-refractivity contribution is 8.00. The molecule has 0 saturated heterocycles. The van der Waals surface area contributed by atoms with Crippen molar-refractivity contribution in [3.8, 4) is 22.8 Å². The lowest BCUT2D eigenvalue weighted by molar-refractivity contribution is -0.120.